The molecule has 0 aliphatic carbocycles. The number of rotatable bonds is 6. The quantitative estimate of drug-likeness (QED) is 0.396. The molecular weight excluding hydrogens is 401 g/mol. The van der Waals surface area contributed by atoms with Crippen LogP contribution in [0.1, 0.15) is 12.5 Å². The summed E-state index contributed by atoms with van der Waals surface area (Å²) < 4.78 is 0. The molecule has 0 saturated carbocycles. The highest BCUT2D eigenvalue weighted by molar-refractivity contribution is 6.35. The highest BCUT2D eigenvalue weighted by Gasteiger charge is 2.28. The molecule has 1 N–H and O–H groups in total. The zero-order chi connectivity index (χ0) is 20.3. The number of nitrogens with one attached hydrogen (secondary N) is 1. The lowest BCUT2D eigenvalue weighted by Crippen LogP contribution is -2.20. The summed E-state index contributed by atoms with van der Waals surface area (Å²) in [4.78, 5) is 21.4. The number of anilines is 4. The number of benzene rings is 2. The van der Waals surface area contributed by atoms with Gasteiger partial charge in [-0.3, -0.25) is 10.1 Å². The van der Waals surface area contributed by atoms with E-state index in [0.29, 0.717) is 22.3 Å². The van der Waals surface area contributed by atoms with Crippen molar-refractivity contribution in [2.24, 2.45) is 0 Å². The molecule has 7 nitrogen and oxygen atoms in total. The first-order valence-corrected chi connectivity index (χ1v) is 9.22. The molecule has 0 aliphatic rings. The summed E-state index contributed by atoms with van der Waals surface area (Å²) in [7, 11) is 0. The number of nitro groups is 1. The molecule has 0 fully saturated rings. The standard InChI is InChI=1S/C19H17Cl2N5O2/c1-3-25(14-6-4-5-12(2)9-14)19-17(26(27)28)18(22-11-23-19)24-16-10-13(20)7-8-15(16)21/h4-11H,3H2,1-2H3,(H,22,23,24). The Bertz CT molecular complexity index is 1030. The summed E-state index contributed by atoms with van der Waals surface area (Å²) in [6.07, 6.45) is 1.28. The molecule has 0 saturated heterocycles. The van der Waals surface area contributed by atoms with Crippen LogP contribution in [-0.2, 0) is 0 Å². The maximum atomic E-state index is 11.9. The van der Waals surface area contributed by atoms with Crippen molar-refractivity contribution < 1.29 is 4.92 Å². The van der Waals surface area contributed by atoms with Crippen molar-refractivity contribution in [3.63, 3.8) is 0 Å². The van der Waals surface area contributed by atoms with E-state index in [4.69, 9.17) is 23.2 Å². The van der Waals surface area contributed by atoms with E-state index in [1.807, 2.05) is 38.1 Å². The van der Waals surface area contributed by atoms with Crippen LogP contribution in [0.3, 0.4) is 0 Å². The van der Waals surface area contributed by atoms with Gasteiger partial charge in [-0.15, -0.1) is 0 Å². The van der Waals surface area contributed by atoms with Gasteiger partial charge in [0.15, 0.2) is 0 Å². The van der Waals surface area contributed by atoms with Crippen molar-refractivity contribution >= 4 is 51.9 Å². The maximum absolute atomic E-state index is 11.9. The number of halogens is 2. The number of hydrogen-bond donors (Lipinski definition) is 1. The Hall–Kier alpha value is -2.90. The third-order valence-electron chi connectivity index (χ3n) is 4.05. The number of nitrogens with zero attached hydrogens (tertiary/aromatic N) is 4. The van der Waals surface area contributed by atoms with Gasteiger partial charge in [0, 0.05) is 17.3 Å². The van der Waals surface area contributed by atoms with Crippen LogP contribution in [0.5, 0.6) is 0 Å². The molecule has 28 heavy (non-hydrogen) atoms. The third kappa shape index (κ3) is 4.16. The SMILES string of the molecule is CCN(c1cccc(C)c1)c1ncnc(Nc2cc(Cl)ccc2Cl)c1[N+](=O)[O-]. The van der Waals surface area contributed by atoms with E-state index in [9.17, 15) is 10.1 Å². The second kappa shape index (κ2) is 8.41. The Morgan fingerprint density at radius 1 is 1.18 bits per heavy atom. The van der Waals surface area contributed by atoms with E-state index >= 15 is 0 Å². The van der Waals surface area contributed by atoms with Gasteiger partial charge in [0.1, 0.15) is 6.33 Å². The minimum atomic E-state index is -0.505. The summed E-state index contributed by atoms with van der Waals surface area (Å²) in [6.45, 7) is 4.34. The molecule has 9 heteroatoms. The summed E-state index contributed by atoms with van der Waals surface area (Å²) >= 11 is 12.2. The molecule has 0 spiro atoms. The van der Waals surface area contributed by atoms with Gasteiger partial charge in [-0.25, -0.2) is 9.97 Å². The molecule has 0 atom stereocenters. The predicted octanol–water partition coefficient (Wildman–Crippen LogP) is 5.90. The fourth-order valence-corrected chi connectivity index (χ4v) is 3.13. The first-order valence-electron chi connectivity index (χ1n) is 8.46. The smallest absolute Gasteiger partial charge is 0.333 e. The van der Waals surface area contributed by atoms with E-state index in [2.05, 4.69) is 15.3 Å². The summed E-state index contributed by atoms with van der Waals surface area (Å²) in [5.41, 5.74) is 2.01. The highest BCUT2D eigenvalue weighted by Crippen LogP contribution is 2.38. The van der Waals surface area contributed by atoms with Crippen LogP contribution in [0.15, 0.2) is 48.8 Å². The normalized spacial score (nSPS) is 10.6. The van der Waals surface area contributed by atoms with Crippen molar-refractivity contribution in [3.05, 3.63) is 74.5 Å². The molecule has 0 amide bonds. The first-order chi connectivity index (χ1) is 13.4. The molecule has 3 rings (SSSR count). The predicted molar refractivity (Wildman–Crippen MR) is 112 cm³/mol. The Morgan fingerprint density at radius 2 is 1.96 bits per heavy atom. The molecule has 0 bridgehead atoms. The highest BCUT2D eigenvalue weighted by atomic mass is 35.5. The van der Waals surface area contributed by atoms with Crippen LogP contribution in [0.4, 0.5) is 28.7 Å². The largest absolute Gasteiger partial charge is 0.354 e. The van der Waals surface area contributed by atoms with Gasteiger partial charge in [-0.2, -0.15) is 0 Å². The molecule has 144 valence electrons. The van der Waals surface area contributed by atoms with Crippen molar-refractivity contribution in [2.45, 2.75) is 13.8 Å². The Balaban J connectivity index is 2.11. The van der Waals surface area contributed by atoms with Crippen LogP contribution in [0.2, 0.25) is 10.0 Å². The molecule has 1 heterocycles. The summed E-state index contributed by atoms with van der Waals surface area (Å²) in [5, 5.41) is 15.6. The lowest BCUT2D eigenvalue weighted by molar-refractivity contribution is -0.383. The molecule has 0 radical (unpaired) electrons. The average molecular weight is 418 g/mol. The minimum Gasteiger partial charge on any atom is -0.333 e. The number of hydrogen-bond acceptors (Lipinski definition) is 6. The van der Waals surface area contributed by atoms with Crippen LogP contribution in [0, 0.1) is 17.0 Å². The second-order valence-electron chi connectivity index (χ2n) is 5.98. The monoisotopic (exact) mass is 417 g/mol. The van der Waals surface area contributed by atoms with Crippen molar-refractivity contribution in [1.29, 1.82) is 0 Å². The first kappa shape index (κ1) is 19.9. The molecular formula is C19H17Cl2N5O2. The van der Waals surface area contributed by atoms with Gasteiger partial charge in [0.25, 0.3) is 0 Å². The van der Waals surface area contributed by atoms with Crippen LogP contribution in [0.25, 0.3) is 0 Å². The molecule has 3 aromatic rings. The van der Waals surface area contributed by atoms with Crippen LogP contribution in [-0.4, -0.2) is 21.4 Å². The molecule has 2 aromatic carbocycles. The van der Waals surface area contributed by atoms with E-state index in [-0.39, 0.29) is 17.3 Å². The van der Waals surface area contributed by atoms with E-state index in [1.165, 1.54) is 6.33 Å². The lowest BCUT2D eigenvalue weighted by Gasteiger charge is -2.22. The topological polar surface area (TPSA) is 84.2 Å². The molecule has 0 aliphatic heterocycles. The Kier molecular flexibility index (Phi) is 5.96. The van der Waals surface area contributed by atoms with E-state index in [0.717, 1.165) is 11.3 Å². The van der Waals surface area contributed by atoms with Gasteiger partial charge in [0.2, 0.25) is 11.6 Å². The molecule has 1 aromatic heterocycles. The number of aromatic nitrogens is 2. The lowest BCUT2D eigenvalue weighted by atomic mass is 10.2. The van der Waals surface area contributed by atoms with Crippen LogP contribution < -0.4 is 10.2 Å². The van der Waals surface area contributed by atoms with Crippen molar-refractivity contribution in [2.75, 3.05) is 16.8 Å². The third-order valence-corrected chi connectivity index (χ3v) is 4.62. The fraction of sp³-hybridized carbons (Fsp3) is 0.158. The Morgan fingerprint density at radius 3 is 2.64 bits per heavy atom. The van der Waals surface area contributed by atoms with Gasteiger partial charge < -0.3 is 10.2 Å². The van der Waals surface area contributed by atoms with E-state index in [1.54, 1.807) is 23.1 Å². The van der Waals surface area contributed by atoms with Gasteiger partial charge in [-0.1, -0.05) is 35.3 Å². The number of aryl methyl sites for hydroxylation is 1. The summed E-state index contributed by atoms with van der Waals surface area (Å²) in [6, 6.07) is 12.5. The van der Waals surface area contributed by atoms with Gasteiger partial charge in [0.05, 0.1) is 15.6 Å². The van der Waals surface area contributed by atoms with Gasteiger partial charge in [-0.05, 0) is 49.7 Å². The average Bonchev–Trinajstić information content (AvgIpc) is 2.65. The van der Waals surface area contributed by atoms with E-state index < -0.39 is 4.92 Å². The zero-order valence-corrected chi connectivity index (χ0v) is 16.7. The van der Waals surface area contributed by atoms with Crippen molar-refractivity contribution in [3.8, 4) is 0 Å². The Labute approximate surface area is 172 Å². The summed E-state index contributed by atoms with van der Waals surface area (Å²) in [5.74, 6) is 0.221. The zero-order valence-electron chi connectivity index (χ0n) is 15.2. The van der Waals surface area contributed by atoms with Crippen molar-refractivity contribution in [1.82, 2.24) is 9.97 Å². The fourth-order valence-electron chi connectivity index (χ4n) is 2.80. The minimum absolute atomic E-state index is 0.0327. The molecule has 0 unspecified atom stereocenters. The van der Waals surface area contributed by atoms with Crippen LogP contribution >= 0.6 is 23.2 Å². The maximum Gasteiger partial charge on any atom is 0.354 e. The second-order valence-corrected chi connectivity index (χ2v) is 6.83. The van der Waals surface area contributed by atoms with Gasteiger partial charge >= 0.3 is 5.69 Å².